The van der Waals surface area contributed by atoms with Crippen molar-refractivity contribution < 1.29 is 24.3 Å². The minimum atomic E-state index is -0.605. The number of carbonyl (C=O) groups excluding carboxylic acids is 1. The van der Waals surface area contributed by atoms with Crippen molar-refractivity contribution in [1.29, 1.82) is 0 Å². The second kappa shape index (κ2) is 6.55. The average Bonchev–Trinajstić information content (AvgIpc) is 2.38. The van der Waals surface area contributed by atoms with Crippen LogP contribution >= 0.6 is 0 Å². The van der Waals surface area contributed by atoms with Gasteiger partial charge in [0, 0.05) is 6.07 Å². The Kier molecular flexibility index (Phi) is 5.06. The number of aliphatic hydroxyl groups excluding tert-OH is 1. The lowest BCUT2D eigenvalue weighted by Crippen LogP contribution is -2.08. The Hall–Kier alpha value is -2.15. The maximum atomic E-state index is 10.9. The minimum Gasteiger partial charge on any atom is -0.486 e. The fourth-order valence-corrected chi connectivity index (χ4v) is 1.27. The molecule has 0 atom stereocenters. The number of methoxy groups -OCH3 is 1. The summed E-state index contributed by atoms with van der Waals surface area (Å²) in [7, 11) is 1.25. The van der Waals surface area contributed by atoms with Crippen molar-refractivity contribution in [3.05, 3.63) is 33.9 Å². The summed E-state index contributed by atoms with van der Waals surface area (Å²) in [5.74, 6) is -0.397. The fourth-order valence-electron chi connectivity index (χ4n) is 1.27. The van der Waals surface area contributed by atoms with E-state index in [-0.39, 0.29) is 31.1 Å². The summed E-state index contributed by atoms with van der Waals surface area (Å²) in [6.45, 7) is -0.296. The molecule has 0 amide bonds. The van der Waals surface area contributed by atoms with Gasteiger partial charge in [-0.2, -0.15) is 0 Å². The molecule has 98 valence electrons. The highest BCUT2D eigenvalue weighted by molar-refractivity contribution is 5.69. The Morgan fingerprint density at radius 3 is 2.78 bits per heavy atom. The largest absolute Gasteiger partial charge is 0.486 e. The van der Waals surface area contributed by atoms with E-state index in [1.807, 2.05) is 0 Å². The molecule has 0 saturated carbocycles. The molecule has 1 aromatic carbocycles. The molecular formula is C11H13NO6. The zero-order chi connectivity index (χ0) is 13.5. The molecule has 0 aliphatic heterocycles. The molecule has 0 aliphatic carbocycles. The second-order valence-electron chi connectivity index (χ2n) is 3.39. The maximum absolute atomic E-state index is 10.9. The van der Waals surface area contributed by atoms with Crippen molar-refractivity contribution in [3.63, 3.8) is 0 Å². The third kappa shape index (κ3) is 3.70. The monoisotopic (exact) mass is 255 g/mol. The van der Waals surface area contributed by atoms with Gasteiger partial charge < -0.3 is 14.6 Å². The van der Waals surface area contributed by atoms with Gasteiger partial charge in [0.15, 0.2) is 5.75 Å². The lowest BCUT2D eigenvalue weighted by molar-refractivity contribution is -0.386. The number of nitrogens with zero attached hydrogens (tertiary/aromatic N) is 1. The van der Waals surface area contributed by atoms with Crippen LogP contribution in [0.1, 0.15) is 12.0 Å². The Balaban J connectivity index is 2.75. The Bertz CT molecular complexity index is 445. The molecule has 0 aromatic heterocycles. The quantitative estimate of drug-likeness (QED) is 0.463. The van der Waals surface area contributed by atoms with Gasteiger partial charge in [-0.15, -0.1) is 0 Å². The molecule has 0 aliphatic rings. The van der Waals surface area contributed by atoms with E-state index < -0.39 is 10.9 Å². The third-order valence-corrected chi connectivity index (χ3v) is 2.19. The van der Waals surface area contributed by atoms with Crippen LogP contribution in [0.3, 0.4) is 0 Å². The molecule has 7 nitrogen and oxygen atoms in total. The highest BCUT2D eigenvalue weighted by atomic mass is 16.6. The minimum absolute atomic E-state index is 0.00795. The molecule has 0 spiro atoms. The summed E-state index contributed by atoms with van der Waals surface area (Å²) in [5, 5.41) is 19.7. The van der Waals surface area contributed by atoms with E-state index in [1.165, 1.54) is 25.3 Å². The van der Waals surface area contributed by atoms with E-state index in [1.54, 1.807) is 0 Å². The van der Waals surface area contributed by atoms with Crippen molar-refractivity contribution in [2.24, 2.45) is 0 Å². The van der Waals surface area contributed by atoms with Crippen LogP contribution in [-0.2, 0) is 16.1 Å². The van der Waals surface area contributed by atoms with Gasteiger partial charge in [0.05, 0.1) is 31.7 Å². The lowest BCUT2D eigenvalue weighted by atomic mass is 10.2. The molecule has 1 N–H and O–H groups in total. The van der Waals surface area contributed by atoms with Gasteiger partial charge in [-0.1, -0.05) is 6.07 Å². The SMILES string of the molecule is COC(=O)CCOc1ccc(CO)cc1[N+](=O)[O-]. The van der Waals surface area contributed by atoms with Crippen molar-refractivity contribution in [2.75, 3.05) is 13.7 Å². The predicted molar refractivity (Wildman–Crippen MR) is 61.1 cm³/mol. The van der Waals surface area contributed by atoms with Gasteiger partial charge >= 0.3 is 11.7 Å². The summed E-state index contributed by atoms with van der Waals surface area (Å²) < 4.78 is 9.56. The van der Waals surface area contributed by atoms with E-state index in [4.69, 9.17) is 9.84 Å². The van der Waals surface area contributed by atoms with E-state index in [0.29, 0.717) is 5.56 Å². The van der Waals surface area contributed by atoms with Crippen LogP contribution in [0.15, 0.2) is 18.2 Å². The number of benzene rings is 1. The van der Waals surface area contributed by atoms with Crippen molar-refractivity contribution in [2.45, 2.75) is 13.0 Å². The second-order valence-corrected chi connectivity index (χ2v) is 3.39. The highest BCUT2D eigenvalue weighted by Crippen LogP contribution is 2.28. The van der Waals surface area contributed by atoms with Crippen LogP contribution in [0.4, 0.5) is 5.69 Å². The van der Waals surface area contributed by atoms with Crippen LogP contribution in [0, 0.1) is 10.1 Å². The van der Waals surface area contributed by atoms with Gasteiger partial charge in [-0.25, -0.2) is 0 Å². The fraction of sp³-hybridized carbons (Fsp3) is 0.364. The van der Waals surface area contributed by atoms with Crippen LogP contribution in [0.25, 0.3) is 0 Å². The van der Waals surface area contributed by atoms with Crippen LogP contribution in [0.5, 0.6) is 5.75 Å². The van der Waals surface area contributed by atoms with Gasteiger partial charge in [0.25, 0.3) is 0 Å². The molecule has 0 fully saturated rings. The van der Waals surface area contributed by atoms with Crippen LogP contribution in [0.2, 0.25) is 0 Å². The number of nitro benzene ring substituents is 1. The van der Waals surface area contributed by atoms with Crippen LogP contribution in [-0.4, -0.2) is 29.7 Å². The normalized spacial score (nSPS) is 9.89. The van der Waals surface area contributed by atoms with Crippen molar-refractivity contribution in [3.8, 4) is 5.75 Å². The number of nitro groups is 1. The molecule has 18 heavy (non-hydrogen) atoms. The van der Waals surface area contributed by atoms with Crippen molar-refractivity contribution in [1.82, 2.24) is 0 Å². The molecule has 0 radical (unpaired) electrons. The number of hydrogen-bond acceptors (Lipinski definition) is 6. The zero-order valence-electron chi connectivity index (χ0n) is 9.79. The standard InChI is InChI=1S/C11H13NO6/c1-17-11(14)4-5-18-10-3-2-8(7-13)6-9(10)12(15)16/h2-3,6,13H,4-5,7H2,1H3. The lowest BCUT2D eigenvalue weighted by Gasteiger charge is -2.07. The first-order valence-electron chi connectivity index (χ1n) is 5.16. The van der Waals surface area contributed by atoms with E-state index in [9.17, 15) is 14.9 Å². The summed E-state index contributed by atoms with van der Waals surface area (Å²) in [4.78, 5) is 21.0. The van der Waals surface area contributed by atoms with E-state index in [2.05, 4.69) is 4.74 Å². The van der Waals surface area contributed by atoms with Gasteiger partial charge in [0.2, 0.25) is 0 Å². The first-order chi connectivity index (χ1) is 8.58. The summed E-state index contributed by atoms with van der Waals surface area (Å²) >= 11 is 0. The number of esters is 1. The topological polar surface area (TPSA) is 98.9 Å². The highest BCUT2D eigenvalue weighted by Gasteiger charge is 2.16. The van der Waals surface area contributed by atoms with Crippen molar-refractivity contribution >= 4 is 11.7 Å². The van der Waals surface area contributed by atoms with E-state index >= 15 is 0 Å². The molecule has 0 unspecified atom stereocenters. The number of rotatable bonds is 6. The van der Waals surface area contributed by atoms with Crippen LogP contribution < -0.4 is 4.74 Å². The number of ether oxygens (including phenoxy) is 2. The smallest absolute Gasteiger partial charge is 0.311 e. The molecule has 0 saturated heterocycles. The number of hydrogen-bond donors (Lipinski definition) is 1. The van der Waals surface area contributed by atoms with E-state index in [0.717, 1.165) is 0 Å². The molecule has 7 heteroatoms. The van der Waals surface area contributed by atoms with Gasteiger partial charge in [-0.3, -0.25) is 14.9 Å². The predicted octanol–water partition coefficient (Wildman–Crippen LogP) is 1.03. The first-order valence-corrected chi connectivity index (χ1v) is 5.16. The molecule has 1 rings (SSSR count). The Morgan fingerprint density at radius 1 is 1.50 bits per heavy atom. The number of carbonyl (C=O) groups is 1. The molecule has 1 aromatic rings. The zero-order valence-corrected chi connectivity index (χ0v) is 9.79. The maximum Gasteiger partial charge on any atom is 0.311 e. The molecule has 0 bridgehead atoms. The number of aliphatic hydroxyl groups is 1. The summed E-state index contributed by atoms with van der Waals surface area (Å²) in [6, 6.07) is 4.13. The average molecular weight is 255 g/mol. The Morgan fingerprint density at radius 2 is 2.22 bits per heavy atom. The van der Waals surface area contributed by atoms with Gasteiger partial charge in [0.1, 0.15) is 0 Å². The first kappa shape index (κ1) is 13.9. The summed E-state index contributed by atoms with van der Waals surface area (Å²) in [5.41, 5.74) is 0.174. The third-order valence-electron chi connectivity index (χ3n) is 2.19. The molecular weight excluding hydrogens is 242 g/mol. The Labute approximate surface area is 103 Å². The molecule has 0 heterocycles. The summed E-state index contributed by atoms with van der Waals surface area (Å²) in [6.07, 6.45) is 0.00933. The van der Waals surface area contributed by atoms with Gasteiger partial charge in [-0.05, 0) is 11.6 Å².